The van der Waals surface area contributed by atoms with Crippen LogP contribution in [0.2, 0.25) is 0 Å². The molecule has 1 aromatic carbocycles. The van der Waals surface area contributed by atoms with Crippen LogP contribution in [0.1, 0.15) is 43.7 Å². The minimum absolute atomic E-state index is 0.0206. The van der Waals surface area contributed by atoms with Crippen molar-refractivity contribution in [2.75, 3.05) is 13.1 Å². The van der Waals surface area contributed by atoms with E-state index in [1.807, 2.05) is 52.8 Å². The van der Waals surface area contributed by atoms with Crippen LogP contribution in [-0.2, 0) is 4.79 Å². The van der Waals surface area contributed by atoms with E-state index in [9.17, 15) is 9.59 Å². The van der Waals surface area contributed by atoms with Crippen LogP contribution in [0, 0.1) is 6.92 Å². The Kier molecular flexibility index (Phi) is 4.73. The molecule has 0 atom stereocenters. The average molecular weight is 316 g/mol. The van der Waals surface area contributed by atoms with Crippen molar-refractivity contribution in [2.24, 2.45) is 0 Å². The van der Waals surface area contributed by atoms with Crippen LogP contribution in [0.4, 0.5) is 0 Å². The number of carbonyl (C=O) groups is 2. The van der Waals surface area contributed by atoms with E-state index in [1.54, 1.807) is 0 Å². The number of rotatable bonds is 4. The van der Waals surface area contributed by atoms with Crippen LogP contribution < -0.4 is 5.32 Å². The zero-order chi connectivity index (χ0) is 17.2. The molecular formula is C17H24N4O2. The van der Waals surface area contributed by atoms with Gasteiger partial charge in [0.25, 0.3) is 5.91 Å². The number of aromatic nitrogens is 2. The van der Waals surface area contributed by atoms with Gasteiger partial charge in [0, 0.05) is 17.5 Å². The van der Waals surface area contributed by atoms with E-state index in [1.165, 1.54) is 4.90 Å². The Balaban J connectivity index is 2.22. The standard InChI is InChI=1S/C17H24N4O2/c1-6-21(10-14(22)18-17(3,4)5)16(23)15-12-9-11(2)7-8-13(12)19-20-15/h7-9H,6,10H2,1-5H3,(H,18,22)(H,19,20). The fourth-order valence-electron chi connectivity index (χ4n) is 2.40. The lowest BCUT2D eigenvalue weighted by atomic mass is 10.1. The molecule has 0 aliphatic carbocycles. The highest BCUT2D eigenvalue weighted by Gasteiger charge is 2.23. The fourth-order valence-corrected chi connectivity index (χ4v) is 2.40. The van der Waals surface area contributed by atoms with Crippen LogP contribution in [-0.4, -0.2) is 45.5 Å². The maximum atomic E-state index is 12.7. The molecule has 6 heteroatoms. The molecule has 2 rings (SSSR count). The highest BCUT2D eigenvalue weighted by molar-refractivity contribution is 6.05. The molecule has 1 aromatic heterocycles. The van der Waals surface area contributed by atoms with E-state index in [4.69, 9.17) is 0 Å². The number of likely N-dealkylation sites (N-methyl/N-ethyl adjacent to an activating group) is 1. The molecule has 0 aliphatic heterocycles. The quantitative estimate of drug-likeness (QED) is 0.908. The second-order valence-electron chi connectivity index (χ2n) is 6.74. The number of H-pyrrole nitrogens is 1. The average Bonchev–Trinajstić information content (AvgIpc) is 2.85. The minimum atomic E-state index is -0.324. The van der Waals surface area contributed by atoms with Gasteiger partial charge in [-0.1, -0.05) is 11.6 Å². The number of hydrogen-bond donors (Lipinski definition) is 2. The first-order valence-electron chi connectivity index (χ1n) is 7.76. The normalized spacial score (nSPS) is 11.5. The molecule has 6 nitrogen and oxygen atoms in total. The van der Waals surface area contributed by atoms with Gasteiger partial charge in [0.05, 0.1) is 12.1 Å². The molecule has 0 spiro atoms. The number of hydrogen-bond acceptors (Lipinski definition) is 3. The van der Waals surface area contributed by atoms with Crippen LogP contribution in [0.15, 0.2) is 18.2 Å². The Labute approximate surface area is 136 Å². The molecule has 2 N–H and O–H groups in total. The molecule has 0 aliphatic rings. The Hall–Kier alpha value is -2.37. The van der Waals surface area contributed by atoms with Crippen LogP contribution in [0.5, 0.6) is 0 Å². The van der Waals surface area contributed by atoms with Gasteiger partial charge in [0.15, 0.2) is 5.69 Å². The third kappa shape index (κ3) is 4.09. The van der Waals surface area contributed by atoms with Gasteiger partial charge in [0.1, 0.15) is 0 Å². The predicted octanol–water partition coefficient (Wildman–Crippen LogP) is 2.25. The van der Waals surface area contributed by atoms with Crippen molar-refractivity contribution < 1.29 is 9.59 Å². The number of aromatic amines is 1. The maximum absolute atomic E-state index is 12.7. The third-order valence-electron chi connectivity index (χ3n) is 3.44. The molecule has 0 saturated carbocycles. The number of nitrogens with one attached hydrogen (secondary N) is 2. The highest BCUT2D eigenvalue weighted by Crippen LogP contribution is 2.19. The van der Waals surface area contributed by atoms with Gasteiger partial charge in [-0.05, 0) is 46.8 Å². The van der Waals surface area contributed by atoms with Crippen LogP contribution in [0.25, 0.3) is 10.9 Å². The van der Waals surface area contributed by atoms with Crippen molar-refractivity contribution in [1.82, 2.24) is 20.4 Å². The smallest absolute Gasteiger partial charge is 0.275 e. The summed E-state index contributed by atoms with van der Waals surface area (Å²) in [4.78, 5) is 26.3. The first-order valence-corrected chi connectivity index (χ1v) is 7.76. The molecule has 0 unspecified atom stereocenters. The maximum Gasteiger partial charge on any atom is 0.275 e. The molecule has 124 valence electrons. The summed E-state index contributed by atoms with van der Waals surface area (Å²) in [5.41, 5.74) is 1.90. The van der Waals surface area contributed by atoms with Crippen molar-refractivity contribution in [3.63, 3.8) is 0 Å². The molecule has 1 heterocycles. The minimum Gasteiger partial charge on any atom is -0.350 e. The van der Waals surface area contributed by atoms with Gasteiger partial charge in [-0.3, -0.25) is 14.7 Å². The number of carbonyl (C=O) groups excluding carboxylic acids is 2. The van der Waals surface area contributed by atoms with Gasteiger partial charge in [0.2, 0.25) is 5.91 Å². The third-order valence-corrected chi connectivity index (χ3v) is 3.44. The highest BCUT2D eigenvalue weighted by atomic mass is 16.2. The summed E-state index contributed by atoms with van der Waals surface area (Å²) in [7, 11) is 0. The number of amides is 2. The van der Waals surface area contributed by atoms with Crippen LogP contribution >= 0.6 is 0 Å². The largest absolute Gasteiger partial charge is 0.350 e. The summed E-state index contributed by atoms with van der Waals surface area (Å²) in [5.74, 6) is -0.419. The van der Waals surface area contributed by atoms with E-state index < -0.39 is 0 Å². The fraction of sp³-hybridized carbons (Fsp3) is 0.471. The first kappa shape index (κ1) is 17.0. The second-order valence-corrected chi connectivity index (χ2v) is 6.74. The SMILES string of the molecule is CCN(CC(=O)NC(C)(C)C)C(=O)c1n[nH]c2ccc(C)cc12. The summed E-state index contributed by atoms with van der Waals surface area (Å²) in [6, 6.07) is 5.79. The summed E-state index contributed by atoms with van der Waals surface area (Å²) in [6.45, 7) is 10.0. The summed E-state index contributed by atoms with van der Waals surface area (Å²) < 4.78 is 0. The lowest BCUT2D eigenvalue weighted by molar-refractivity contribution is -0.123. The number of aryl methyl sites for hydroxylation is 1. The van der Waals surface area contributed by atoms with E-state index in [0.29, 0.717) is 12.2 Å². The van der Waals surface area contributed by atoms with E-state index in [2.05, 4.69) is 15.5 Å². The molecule has 0 radical (unpaired) electrons. The van der Waals surface area contributed by atoms with E-state index in [0.717, 1.165) is 16.5 Å². The van der Waals surface area contributed by atoms with E-state index in [-0.39, 0.29) is 23.9 Å². The monoisotopic (exact) mass is 316 g/mol. The van der Waals surface area contributed by atoms with Crippen molar-refractivity contribution in [3.8, 4) is 0 Å². The summed E-state index contributed by atoms with van der Waals surface area (Å²) in [5, 5.41) is 10.7. The van der Waals surface area contributed by atoms with E-state index >= 15 is 0 Å². The Bertz CT molecular complexity index is 728. The van der Waals surface area contributed by atoms with Gasteiger partial charge in [-0.25, -0.2) is 0 Å². The molecule has 0 saturated heterocycles. The number of benzene rings is 1. The molecule has 2 amide bonds. The Morgan fingerprint density at radius 3 is 2.61 bits per heavy atom. The second kappa shape index (κ2) is 6.40. The lowest BCUT2D eigenvalue weighted by Gasteiger charge is -2.24. The Morgan fingerprint density at radius 2 is 2.00 bits per heavy atom. The topological polar surface area (TPSA) is 78.1 Å². The molecule has 2 aromatic rings. The zero-order valence-electron chi connectivity index (χ0n) is 14.4. The van der Waals surface area contributed by atoms with Crippen molar-refractivity contribution in [2.45, 2.75) is 40.2 Å². The zero-order valence-corrected chi connectivity index (χ0v) is 14.4. The van der Waals surface area contributed by atoms with Crippen LogP contribution in [0.3, 0.4) is 0 Å². The summed E-state index contributed by atoms with van der Waals surface area (Å²) in [6.07, 6.45) is 0. The van der Waals surface area contributed by atoms with Crippen molar-refractivity contribution >= 4 is 22.7 Å². The first-order chi connectivity index (χ1) is 10.7. The van der Waals surface area contributed by atoms with Crippen molar-refractivity contribution in [3.05, 3.63) is 29.5 Å². The molecular weight excluding hydrogens is 292 g/mol. The number of fused-ring (bicyclic) bond motifs is 1. The lowest BCUT2D eigenvalue weighted by Crippen LogP contribution is -2.47. The van der Waals surface area contributed by atoms with Gasteiger partial charge >= 0.3 is 0 Å². The Morgan fingerprint density at radius 1 is 1.30 bits per heavy atom. The molecule has 0 fully saturated rings. The predicted molar refractivity (Wildman–Crippen MR) is 90.3 cm³/mol. The van der Waals surface area contributed by atoms with Gasteiger partial charge < -0.3 is 10.2 Å². The molecule has 0 bridgehead atoms. The molecule has 23 heavy (non-hydrogen) atoms. The van der Waals surface area contributed by atoms with Gasteiger partial charge in [-0.2, -0.15) is 5.10 Å². The summed E-state index contributed by atoms with van der Waals surface area (Å²) >= 11 is 0. The number of nitrogens with zero attached hydrogens (tertiary/aromatic N) is 2. The van der Waals surface area contributed by atoms with Gasteiger partial charge in [-0.15, -0.1) is 0 Å². The van der Waals surface area contributed by atoms with Crippen molar-refractivity contribution in [1.29, 1.82) is 0 Å².